The molecular formula is C24H17F3N6O2S. The number of nitrogens with zero attached hydrogens (tertiary/aromatic N) is 5. The summed E-state index contributed by atoms with van der Waals surface area (Å²) in [5.41, 5.74) is 2.65. The molecule has 0 saturated carbocycles. The Morgan fingerprint density at radius 1 is 0.889 bits per heavy atom. The predicted molar refractivity (Wildman–Crippen MR) is 127 cm³/mol. The minimum absolute atomic E-state index is 0.0137. The summed E-state index contributed by atoms with van der Waals surface area (Å²) < 4.78 is 69.5. The Morgan fingerprint density at radius 3 is 2.44 bits per heavy atom. The van der Waals surface area contributed by atoms with Crippen molar-refractivity contribution < 1.29 is 21.6 Å². The van der Waals surface area contributed by atoms with Crippen molar-refractivity contribution in [1.82, 2.24) is 24.7 Å². The Hall–Kier alpha value is -4.32. The monoisotopic (exact) mass is 510 g/mol. The zero-order valence-electron chi connectivity index (χ0n) is 18.6. The van der Waals surface area contributed by atoms with Crippen LogP contribution in [0.5, 0.6) is 0 Å². The van der Waals surface area contributed by atoms with Gasteiger partial charge in [-0.1, -0.05) is 18.2 Å². The minimum Gasteiger partial charge on any atom is -0.278 e. The third-order valence-corrected chi connectivity index (χ3v) is 6.79. The third kappa shape index (κ3) is 4.62. The van der Waals surface area contributed by atoms with Crippen LogP contribution in [0.2, 0.25) is 0 Å². The van der Waals surface area contributed by atoms with Gasteiger partial charge in [0, 0.05) is 30.6 Å². The molecule has 0 saturated heterocycles. The molecule has 1 N–H and O–H groups in total. The van der Waals surface area contributed by atoms with Crippen LogP contribution in [-0.4, -0.2) is 33.2 Å². The SMILES string of the molecule is Cn1cc(-c2cnc3ccc(-c4cncc(NS(=O)(=O)c5ccccc5C(F)(F)F)c4)cc3n2)cn1. The van der Waals surface area contributed by atoms with Gasteiger partial charge in [-0.2, -0.15) is 18.3 Å². The van der Waals surface area contributed by atoms with Crippen LogP contribution in [0.15, 0.2) is 84.4 Å². The molecule has 0 amide bonds. The van der Waals surface area contributed by atoms with Crippen LogP contribution in [0.4, 0.5) is 18.9 Å². The maximum absolute atomic E-state index is 13.3. The first-order valence-electron chi connectivity index (χ1n) is 10.5. The molecule has 12 heteroatoms. The zero-order valence-corrected chi connectivity index (χ0v) is 19.4. The molecule has 0 radical (unpaired) electrons. The molecule has 0 aliphatic rings. The Labute approximate surface area is 203 Å². The molecule has 0 atom stereocenters. The molecule has 5 aromatic rings. The fourth-order valence-corrected chi connectivity index (χ4v) is 4.95. The number of fused-ring (bicyclic) bond motifs is 1. The van der Waals surface area contributed by atoms with Crippen molar-refractivity contribution in [2.45, 2.75) is 11.1 Å². The van der Waals surface area contributed by atoms with Gasteiger partial charge in [-0.05, 0) is 35.9 Å². The molecule has 0 bridgehead atoms. The van der Waals surface area contributed by atoms with E-state index in [1.165, 1.54) is 24.5 Å². The van der Waals surface area contributed by atoms with Gasteiger partial charge in [0.1, 0.15) is 0 Å². The smallest absolute Gasteiger partial charge is 0.278 e. The largest absolute Gasteiger partial charge is 0.417 e. The topological polar surface area (TPSA) is 103 Å². The van der Waals surface area contributed by atoms with Gasteiger partial charge in [-0.25, -0.2) is 13.4 Å². The van der Waals surface area contributed by atoms with Gasteiger partial charge in [-0.3, -0.25) is 19.4 Å². The maximum atomic E-state index is 13.3. The number of anilines is 1. The average Bonchev–Trinajstić information content (AvgIpc) is 3.29. The number of aromatic nitrogens is 5. The second-order valence-electron chi connectivity index (χ2n) is 7.92. The summed E-state index contributed by atoms with van der Waals surface area (Å²) in [5.74, 6) is 0. The minimum atomic E-state index is -4.83. The molecule has 0 unspecified atom stereocenters. The van der Waals surface area contributed by atoms with E-state index in [1.807, 2.05) is 6.20 Å². The highest BCUT2D eigenvalue weighted by Gasteiger charge is 2.36. The van der Waals surface area contributed by atoms with Gasteiger partial charge in [0.15, 0.2) is 0 Å². The first-order valence-corrected chi connectivity index (χ1v) is 12.0. The molecule has 0 spiro atoms. The molecular weight excluding hydrogens is 493 g/mol. The van der Waals surface area contributed by atoms with Gasteiger partial charge in [0.2, 0.25) is 0 Å². The van der Waals surface area contributed by atoms with Crippen molar-refractivity contribution in [2.24, 2.45) is 7.05 Å². The van der Waals surface area contributed by atoms with Gasteiger partial charge >= 0.3 is 6.18 Å². The number of hydrogen-bond donors (Lipinski definition) is 1. The van der Waals surface area contributed by atoms with E-state index in [0.717, 1.165) is 23.8 Å². The molecule has 36 heavy (non-hydrogen) atoms. The first-order chi connectivity index (χ1) is 17.1. The molecule has 0 aliphatic carbocycles. The zero-order chi connectivity index (χ0) is 25.5. The van der Waals surface area contributed by atoms with E-state index in [2.05, 4.69) is 24.8 Å². The maximum Gasteiger partial charge on any atom is 0.417 e. The number of pyridine rings is 1. The fraction of sp³-hybridized carbons (Fsp3) is 0.0833. The average molecular weight is 511 g/mol. The number of benzene rings is 2. The van der Waals surface area contributed by atoms with E-state index in [1.54, 1.807) is 42.3 Å². The summed E-state index contributed by atoms with van der Waals surface area (Å²) in [6, 6.07) is 10.8. The van der Waals surface area contributed by atoms with E-state index in [0.29, 0.717) is 27.9 Å². The number of halogens is 3. The third-order valence-electron chi connectivity index (χ3n) is 5.35. The van der Waals surface area contributed by atoms with Crippen LogP contribution in [0, 0.1) is 0 Å². The van der Waals surface area contributed by atoms with E-state index < -0.39 is 26.7 Å². The molecule has 0 aliphatic heterocycles. The van der Waals surface area contributed by atoms with Crippen molar-refractivity contribution in [2.75, 3.05) is 4.72 Å². The highest BCUT2D eigenvalue weighted by molar-refractivity contribution is 7.92. The molecule has 8 nitrogen and oxygen atoms in total. The molecule has 5 rings (SSSR count). The van der Waals surface area contributed by atoms with E-state index >= 15 is 0 Å². The standard InChI is InChI=1S/C24H17F3N6O2S/c1-33-14-17(11-30-33)22-13-29-20-7-6-15(9-21(20)31-22)16-8-18(12-28-10-16)32-36(34,35)23-5-3-2-4-19(23)24(25,26)27/h2-14,32H,1H3. The van der Waals surface area contributed by atoms with Gasteiger partial charge in [0.25, 0.3) is 10.0 Å². The van der Waals surface area contributed by atoms with Crippen LogP contribution in [0.25, 0.3) is 33.4 Å². The lowest BCUT2D eigenvalue weighted by Gasteiger charge is -2.14. The van der Waals surface area contributed by atoms with Gasteiger partial charge < -0.3 is 0 Å². The second-order valence-corrected chi connectivity index (χ2v) is 9.57. The normalized spacial score (nSPS) is 12.1. The summed E-state index contributed by atoms with van der Waals surface area (Å²) in [4.78, 5) is 12.3. The molecule has 0 fully saturated rings. The predicted octanol–water partition coefficient (Wildman–Crippen LogP) is 4.91. The van der Waals surface area contributed by atoms with Crippen LogP contribution in [-0.2, 0) is 23.2 Å². The lowest BCUT2D eigenvalue weighted by atomic mass is 10.1. The number of sulfonamides is 1. The number of hydrogen-bond acceptors (Lipinski definition) is 6. The van der Waals surface area contributed by atoms with E-state index in [4.69, 9.17) is 0 Å². The highest BCUT2D eigenvalue weighted by atomic mass is 32.2. The summed E-state index contributed by atoms with van der Waals surface area (Å²) >= 11 is 0. The highest BCUT2D eigenvalue weighted by Crippen LogP contribution is 2.35. The van der Waals surface area contributed by atoms with Crippen molar-refractivity contribution in [1.29, 1.82) is 0 Å². The van der Waals surface area contributed by atoms with Crippen molar-refractivity contribution in [3.8, 4) is 22.4 Å². The quantitative estimate of drug-likeness (QED) is 0.360. The number of aryl methyl sites for hydroxylation is 1. The molecule has 3 aromatic heterocycles. The number of alkyl halides is 3. The Morgan fingerprint density at radius 2 is 1.69 bits per heavy atom. The van der Waals surface area contributed by atoms with E-state index in [-0.39, 0.29) is 5.69 Å². The molecule has 2 aromatic carbocycles. The van der Waals surface area contributed by atoms with Crippen molar-refractivity contribution >= 4 is 26.7 Å². The Kier molecular flexibility index (Phi) is 5.67. The Bertz CT molecular complexity index is 1700. The lowest BCUT2D eigenvalue weighted by molar-refractivity contribution is -0.139. The van der Waals surface area contributed by atoms with Gasteiger partial charge in [-0.15, -0.1) is 0 Å². The summed E-state index contributed by atoms with van der Waals surface area (Å²) in [5, 5.41) is 4.14. The molecule has 182 valence electrons. The van der Waals surface area contributed by atoms with Crippen molar-refractivity contribution in [3.63, 3.8) is 0 Å². The Balaban J connectivity index is 1.48. The number of nitrogens with one attached hydrogen (secondary N) is 1. The van der Waals surface area contributed by atoms with Crippen LogP contribution in [0.1, 0.15) is 5.56 Å². The van der Waals surface area contributed by atoms with Crippen LogP contribution >= 0.6 is 0 Å². The van der Waals surface area contributed by atoms with Crippen molar-refractivity contribution in [3.05, 3.63) is 85.1 Å². The molecule has 3 heterocycles. The second kappa shape index (κ2) is 8.72. The van der Waals surface area contributed by atoms with Crippen LogP contribution < -0.4 is 4.72 Å². The van der Waals surface area contributed by atoms with Crippen LogP contribution in [0.3, 0.4) is 0 Å². The van der Waals surface area contributed by atoms with E-state index in [9.17, 15) is 21.6 Å². The fourth-order valence-electron chi connectivity index (χ4n) is 3.68. The summed E-state index contributed by atoms with van der Waals surface area (Å²) in [6.07, 6.45) is 3.05. The summed E-state index contributed by atoms with van der Waals surface area (Å²) in [6.45, 7) is 0. The summed E-state index contributed by atoms with van der Waals surface area (Å²) in [7, 11) is -2.74. The number of rotatable bonds is 5. The lowest BCUT2D eigenvalue weighted by Crippen LogP contribution is -2.19. The van der Waals surface area contributed by atoms with Gasteiger partial charge in [0.05, 0.1) is 51.5 Å². The first kappa shape index (κ1) is 23.4.